The molecule has 1 aromatic heterocycles. The van der Waals surface area contributed by atoms with Gasteiger partial charge in [-0.05, 0) is 18.9 Å². The van der Waals surface area contributed by atoms with E-state index in [1.807, 2.05) is 0 Å². The molecule has 0 bridgehead atoms. The van der Waals surface area contributed by atoms with E-state index in [4.69, 9.17) is 27.8 Å². The summed E-state index contributed by atoms with van der Waals surface area (Å²) in [6, 6.07) is 0.885. The number of ether oxygens (including phenoxy) is 1. The predicted molar refractivity (Wildman–Crippen MR) is 67.1 cm³/mol. The second-order valence-corrected chi connectivity index (χ2v) is 4.13. The fourth-order valence-corrected chi connectivity index (χ4v) is 1.58. The van der Waals surface area contributed by atoms with Crippen molar-refractivity contribution in [2.45, 2.75) is 18.9 Å². The first kappa shape index (κ1) is 13.9. The Hall–Kier alpha value is -1.17. The van der Waals surface area contributed by atoms with E-state index in [1.54, 1.807) is 7.11 Å². The largest absolute Gasteiger partial charge is 0.385 e. The Labute approximate surface area is 105 Å². The van der Waals surface area contributed by atoms with Gasteiger partial charge in [0.2, 0.25) is 0 Å². The highest BCUT2D eigenvalue weighted by Crippen LogP contribution is 2.17. The van der Waals surface area contributed by atoms with Crippen molar-refractivity contribution in [1.29, 1.82) is 0 Å². The van der Waals surface area contributed by atoms with Crippen molar-refractivity contribution in [1.82, 2.24) is 4.98 Å². The molecule has 0 aliphatic carbocycles. The molecule has 0 saturated heterocycles. The average Bonchev–Trinajstić information content (AvgIpc) is 2.31. The number of rotatable bonds is 6. The van der Waals surface area contributed by atoms with Crippen LogP contribution >= 0.6 is 11.6 Å². The number of ketones is 1. The highest BCUT2D eigenvalue weighted by molar-refractivity contribution is 6.31. The molecule has 0 aromatic carbocycles. The van der Waals surface area contributed by atoms with E-state index >= 15 is 0 Å². The molecular weight excluding hydrogens is 242 g/mol. The van der Waals surface area contributed by atoms with Crippen LogP contribution < -0.4 is 11.5 Å². The smallest absolute Gasteiger partial charge is 0.183 e. The van der Waals surface area contributed by atoms with Crippen LogP contribution in [0.5, 0.6) is 0 Å². The molecule has 94 valence electrons. The van der Waals surface area contributed by atoms with Crippen molar-refractivity contribution in [2.24, 2.45) is 5.73 Å². The molecule has 0 amide bonds. The van der Waals surface area contributed by atoms with Crippen molar-refractivity contribution in [3.05, 3.63) is 22.8 Å². The van der Waals surface area contributed by atoms with E-state index < -0.39 is 6.04 Å². The number of anilines is 1. The Morgan fingerprint density at radius 1 is 1.65 bits per heavy atom. The molecule has 4 N–H and O–H groups in total. The molecule has 0 spiro atoms. The zero-order valence-corrected chi connectivity index (χ0v) is 10.4. The minimum Gasteiger partial charge on any atom is -0.385 e. The molecule has 0 radical (unpaired) electrons. The first-order chi connectivity index (χ1) is 8.06. The Balaban J connectivity index is 2.71. The highest BCUT2D eigenvalue weighted by atomic mass is 35.5. The molecule has 17 heavy (non-hydrogen) atoms. The molecule has 1 unspecified atom stereocenters. The third kappa shape index (κ3) is 3.96. The fourth-order valence-electron chi connectivity index (χ4n) is 1.43. The molecule has 0 fully saturated rings. The minimum atomic E-state index is -0.604. The Kier molecular flexibility index (Phi) is 5.34. The lowest BCUT2D eigenvalue weighted by molar-refractivity contribution is 0.0951. The molecule has 0 aliphatic heterocycles. The van der Waals surface area contributed by atoms with Crippen LogP contribution in [0.15, 0.2) is 12.3 Å². The number of carbonyl (C=O) groups is 1. The summed E-state index contributed by atoms with van der Waals surface area (Å²) in [6.07, 6.45) is 2.65. The zero-order chi connectivity index (χ0) is 12.8. The van der Waals surface area contributed by atoms with E-state index in [0.29, 0.717) is 18.1 Å². The first-order valence-electron chi connectivity index (χ1n) is 5.26. The second-order valence-electron chi connectivity index (χ2n) is 3.69. The number of aromatic nitrogens is 1. The summed E-state index contributed by atoms with van der Waals surface area (Å²) in [7, 11) is 1.60. The SMILES string of the molecule is COCCCC(N)C(=O)c1cc(Cl)cnc1N. The van der Waals surface area contributed by atoms with Gasteiger partial charge in [-0.2, -0.15) is 0 Å². The number of nitrogen functional groups attached to an aromatic ring is 1. The molecule has 5 nitrogen and oxygen atoms in total. The number of methoxy groups -OCH3 is 1. The summed E-state index contributed by atoms with van der Waals surface area (Å²) in [4.78, 5) is 15.8. The lowest BCUT2D eigenvalue weighted by Gasteiger charge is -2.11. The Morgan fingerprint density at radius 3 is 3.00 bits per heavy atom. The number of pyridine rings is 1. The van der Waals surface area contributed by atoms with Gasteiger partial charge in [0, 0.05) is 19.9 Å². The molecule has 1 aromatic rings. The highest BCUT2D eigenvalue weighted by Gasteiger charge is 2.18. The van der Waals surface area contributed by atoms with Gasteiger partial charge in [0.25, 0.3) is 0 Å². The maximum absolute atomic E-state index is 12.0. The van der Waals surface area contributed by atoms with Gasteiger partial charge in [-0.3, -0.25) is 4.79 Å². The van der Waals surface area contributed by atoms with Gasteiger partial charge in [-0.1, -0.05) is 11.6 Å². The first-order valence-corrected chi connectivity index (χ1v) is 5.63. The molecule has 0 saturated carbocycles. The van der Waals surface area contributed by atoms with Crippen LogP contribution in [0.1, 0.15) is 23.2 Å². The zero-order valence-electron chi connectivity index (χ0n) is 9.65. The van der Waals surface area contributed by atoms with Gasteiger partial charge in [-0.15, -0.1) is 0 Å². The van der Waals surface area contributed by atoms with Gasteiger partial charge < -0.3 is 16.2 Å². The lowest BCUT2D eigenvalue weighted by atomic mass is 10.0. The third-order valence-corrected chi connectivity index (χ3v) is 2.56. The van der Waals surface area contributed by atoms with Crippen molar-refractivity contribution in [3.63, 3.8) is 0 Å². The van der Waals surface area contributed by atoms with Gasteiger partial charge in [0.15, 0.2) is 5.78 Å². The van der Waals surface area contributed by atoms with E-state index in [9.17, 15) is 4.79 Å². The Morgan fingerprint density at radius 2 is 2.35 bits per heavy atom. The molecular formula is C11H16ClN3O2. The van der Waals surface area contributed by atoms with E-state index in [-0.39, 0.29) is 17.2 Å². The van der Waals surface area contributed by atoms with Gasteiger partial charge in [-0.25, -0.2) is 4.98 Å². The number of nitrogens with two attached hydrogens (primary N) is 2. The fraction of sp³-hybridized carbons (Fsp3) is 0.455. The van der Waals surface area contributed by atoms with Crippen molar-refractivity contribution < 1.29 is 9.53 Å². The van der Waals surface area contributed by atoms with Crippen LogP contribution in [0.3, 0.4) is 0 Å². The standard InChI is InChI=1S/C11H16ClN3O2/c1-17-4-2-3-9(13)10(16)8-5-7(12)6-15-11(8)14/h5-6,9H,2-4,13H2,1H3,(H2,14,15). The number of nitrogens with zero attached hydrogens (tertiary/aromatic N) is 1. The normalized spacial score (nSPS) is 12.4. The van der Waals surface area contributed by atoms with Crippen molar-refractivity contribution >= 4 is 23.2 Å². The summed E-state index contributed by atoms with van der Waals surface area (Å²) in [5.74, 6) is -0.0878. The monoisotopic (exact) mass is 257 g/mol. The number of hydrogen-bond acceptors (Lipinski definition) is 5. The van der Waals surface area contributed by atoms with E-state index in [0.717, 1.165) is 6.42 Å². The summed E-state index contributed by atoms with van der Waals surface area (Å²) in [6.45, 7) is 0.574. The predicted octanol–water partition coefficient (Wildman–Crippen LogP) is 1.25. The quantitative estimate of drug-likeness (QED) is 0.591. The third-order valence-electron chi connectivity index (χ3n) is 2.35. The van der Waals surface area contributed by atoms with Crippen LogP contribution in [0.25, 0.3) is 0 Å². The van der Waals surface area contributed by atoms with E-state index in [2.05, 4.69) is 4.98 Å². The summed E-state index contributed by atoms with van der Waals surface area (Å²) < 4.78 is 4.90. The maximum atomic E-state index is 12.0. The molecule has 6 heteroatoms. The van der Waals surface area contributed by atoms with Gasteiger partial charge in [0.1, 0.15) is 5.82 Å². The number of carbonyl (C=O) groups excluding carboxylic acids is 1. The van der Waals surface area contributed by atoms with E-state index in [1.165, 1.54) is 12.3 Å². The van der Waals surface area contributed by atoms with Crippen molar-refractivity contribution in [3.8, 4) is 0 Å². The van der Waals surface area contributed by atoms with Crippen LogP contribution in [0, 0.1) is 0 Å². The van der Waals surface area contributed by atoms with Gasteiger partial charge >= 0.3 is 0 Å². The van der Waals surface area contributed by atoms with Crippen molar-refractivity contribution in [2.75, 3.05) is 19.5 Å². The van der Waals surface area contributed by atoms with Crippen LogP contribution in [-0.2, 0) is 4.74 Å². The number of Topliss-reactive ketones (excluding diaryl/α,β-unsaturated/α-hetero) is 1. The average molecular weight is 258 g/mol. The summed E-state index contributed by atoms with van der Waals surface area (Å²) >= 11 is 5.76. The van der Waals surface area contributed by atoms with Crippen LogP contribution in [0.2, 0.25) is 5.02 Å². The maximum Gasteiger partial charge on any atom is 0.183 e. The number of hydrogen-bond donors (Lipinski definition) is 2. The Bertz CT molecular complexity index is 398. The van der Waals surface area contributed by atoms with Gasteiger partial charge in [0.05, 0.1) is 16.6 Å². The van der Waals surface area contributed by atoms with Crippen LogP contribution in [0.4, 0.5) is 5.82 Å². The number of halogens is 1. The second kappa shape index (κ2) is 6.54. The summed E-state index contributed by atoms with van der Waals surface area (Å²) in [5, 5.41) is 0.367. The van der Waals surface area contributed by atoms with Crippen LogP contribution in [-0.4, -0.2) is 30.5 Å². The molecule has 1 atom stereocenters. The topological polar surface area (TPSA) is 91.2 Å². The minimum absolute atomic E-state index is 0.154. The molecule has 1 heterocycles. The molecule has 1 rings (SSSR count). The summed E-state index contributed by atoms with van der Waals surface area (Å²) in [5.41, 5.74) is 11.7. The lowest BCUT2D eigenvalue weighted by Crippen LogP contribution is -2.31. The molecule has 0 aliphatic rings.